The van der Waals surface area contributed by atoms with Gasteiger partial charge in [-0.2, -0.15) is 0 Å². The maximum Gasteiger partial charge on any atom is 0.323 e. The monoisotopic (exact) mass is 349 g/mol. The minimum absolute atomic E-state index is 0.307. The number of anilines is 3. The third-order valence-corrected chi connectivity index (χ3v) is 3.51. The highest BCUT2D eigenvalue weighted by Gasteiger charge is 2.05. The molecule has 0 radical (unpaired) electrons. The molecule has 0 spiro atoms. The lowest BCUT2D eigenvalue weighted by Crippen LogP contribution is -2.19. The maximum absolute atomic E-state index is 12.1. The number of benzene rings is 2. The molecule has 0 saturated carbocycles. The summed E-state index contributed by atoms with van der Waals surface area (Å²) >= 11 is 0. The topological polar surface area (TPSA) is 88.2 Å². The van der Waals surface area contributed by atoms with E-state index in [2.05, 4.69) is 25.9 Å². The van der Waals surface area contributed by atoms with Crippen LogP contribution in [0.5, 0.6) is 11.6 Å². The van der Waals surface area contributed by atoms with E-state index in [0.717, 1.165) is 11.3 Å². The number of nitrogens with zero attached hydrogens (tertiary/aromatic N) is 2. The number of aryl methyl sites for hydroxylation is 1. The van der Waals surface area contributed by atoms with Crippen LogP contribution < -0.4 is 20.7 Å². The molecule has 1 aromatic heterocycles. The van der Waals surface area contributed by atoms with Crippen molar-refractivity contribution in [2.45, 2.75) is 6.92 Å². The minimum atomic E-state index is -0.307. The number of nitrogens with one attached hydrogen (secondary N) is 3. The molecular formula is C19H19N5O2. The first-order valence-electron chi connectivity index (χ1n) is 8.05. The molecule has 26 heavy (non-hydrogen) atoms. The molecule has 0 saturated heterocycles. The second-order valence-corrected chi connectivity index (χ2v) is 5.57. The van der Waals surface area contributed by atoms with Crippen molar-refractivity contribution in [1.82, 2.24) is 9.97 Å². The zero-order chi connectivity index (χ0) is 18.4. The van der Waals surface area contributed by atoms with Crippen molar-refractivity contribution in [3.63, 3.8) is 0 Å². The Morgan fingerprint density at radius 3 is 2.46 bits per heavy atom. The fourth-order valence-corrected chi connectivity index (χ4v) is 2.28. The van der Waals surface area contributed by atoms with Gasteiger partial charge in [-0.15, -0.1) is 0 Å². The molecule has 0 aliphatic heterocycles. The highest BCUT2D eigenvalue weighted by molar-refractivity contribution is 5.99. The van der Waals surface area contributed by atoms with Gasteiger partial charge < -0.3 is 20.7 Å². The van der Waals surface area contributed by atoms with Crippen LogP contribution in [0.15, 0.2) is 60.9 Å². The lowest BCUT2D eigenvalue weighted by atomic mass is 10.2. The van der Waals surface area contributed by atoms with Gasteiger partial charge in [0.25, 0.3) is 0 Å². The molecule has 2 aromatic carbocycles. The lowest BCUT2D eigenvalue weighted by molar-refractivity contribution is 0.262. The van der Waals surface area contributed by atoms with Gasteiger partial charge >= 0.3 is 6.03 Å². The highest BCUT2D eigenvalue weighted by atomic mass is 16.5. The molecule has 0 unspecified atom stereocenters. The lowest BCUT2D eigenvalue weighted by Gasteiger charge is -2.09. The van der Waals surface area contributed by atoms with E-state index in [-0.39, 0.29) is 6.03 Å². The van der Waals surface area contributed by atoms with Crippen LogP contribution >= 0.6 is 0 Å². The molecule has 1 heterocycles. The summed E-state index contributed by atoms with van der Waals surface area (Å²) < 4.78 is 5.67. The van der Waals surface area contributed by atoms with E-state index in [0.29, 0.717) is 23.1 Å². The minimum Gasteiger partial charge on any atom is -0.439 e. The predicted octanol–water partition coefficient (Wildman–Crippen LogP) is 4.26. The number of amides is 2. The molecular weight excluding hydrogens is 330 g/mol. The van der Waals surface area contributed by atoms with Crippen LogP contribution in [0.4, 0.5) is 22.0 Å². The summed E-state index contributed by atoms with van der Waals surface area (Å²) in [5.74, 6) is 1.71. The number of carbonyl (C=O) groups excluding carboxylic acids is 1. The van der Waals surface area contributed by atoms with Crippen molar-refractivity contribution in [3.05, 3.63) is 66.5 Å². The fourth-order valence-electron chi connectivity index (χ4n) is 2.28. The molecule has 0 atom stereocenters. The molecule has 3 aromatic rings. The SMILES string of the molecule is CNc1cc(Oc2ccc(NC(=O)Nc3cccc(C)c3)cc2)ncn1. The molecule has 0 aliphatic carbocycles. The Bertz CT molecular complexity index is 896. The molecule has 2 amide bonds. The Labute approximate surface area is 151 Å². The Hall–Kier alpha value is -3.61. The zero-order valence-corrected chi connectivity index (χ0v) is 14.5. The molecule has 132 valence electrons. The molecule has 7 heteroatoms. The quantitative estimate of drug-likeness (QED) is 0.640. The van der Waals surface area contributed by atoms with Gasteiger partial charge in [0.05, 0.1) is 0 Å². The van der Waals surface area contributed by atoms with Crippen LogP contribution in [0.3, 0.4) is 0 Å². The number of carbonyl (C=O) groups is 1. The predicted molar refractivity (Wildman–Crippen MR) is 102 cm³/mol. The van der Waals surface area contributed by atoms with Gasteiger partial charge in [-0.25, -0.2) is 14.8 Å². The first-order chi connectivity index (χ1) is 12.6. The van der Waals surface area contributed by atoms with Crippen molar-refractivity contribution < 1.29 is 9.53 Å². The van der Waals surface area contributed by atoms with E-state index in [4.69, 9.17) is 4.74 Å². The van der Waals surface area contributed by atoms with Gasteiger partial charge in [-0.05, 0) is 48.9 Å². The maximum atomic E-state index is 12.1. The average Bonchev–Trinajstić information content (AvgIpc) is 2.63. The Morgan fingerprint density at radius 2 is 1.73 bits per heavy atom. The second kappa shape index (κ2) is 7.98. The van der Waals surface area contributed by atoms with Crippen LogP contribution in [0, 0.1) is 6.92 Å². The summed E-state index contributed by atoms with van der Waals surface area (Å²) in [7, 11) is 1.77. The molecule has 0 aliphatic rings. The summed E-state index contributed by atoms with van der Waals surface area (Å²) in [5.41, 5.74) is 2.48. The van der Waals surface area contributed by atoms with Crippen molar-refractivity contribution in [2.24, 2.45) is 0 Å². The van der Waals surface area contributed by atoms with Crippen LogP contribution in [0.2, 0.25) is 0 Å². The van der Waals surface area contributed by atoms with Gasteiger partial charge in [0.1, 0.15) is 17.9 Å². The molecule has 0 bridgehead atoms. The second-order valence-electron chi connectivity index (χ2n) is 5.57. The summed E-state index contributed by atoms with van der Waals surface area (Å²) in [6, 6.07) is 16.0. The van der Waals surface area contributed by atoms with Crippen molar-refractivity contribution in [2.75, 3.05) is 23.0 Å². The highest BCUT2D eigenvalue weighted by Crippen LogP contribution is 2.22. The number of hydrogen-bond acceptors (Lipinski definition) is 5. The van der Waals surface area contributed by atoms with E-state index in [1.807, 2.05) is 31.2 Å². The van der Waals surface area contributed by atoms with E-state index in [1.165, 1.54) is 6.33 Å². The van der Waals surface area contributed by atoms with Crippen LogP contribution in [0.25, 0.3) is 0 Å². The van der Waals surface area contributed by atoms with Crippen LogP contribution in [-0.4, -0.2) is 23.0 Å². The van der Waals surface area contributed by atoms with E-state index < -0.39 is 0 Å². The molecule has 7 nitrogen and oxygen atoms in total. The fraction of sp³-hybridized carbons (Fsp3) is 0.105. The Balaban J connectivity index is 1.59. The summed E-state index contributed by atoms with van der Waals surface area (Å²) in [6.07, 6.45) is 1.42. The standard InChI is InChI=1S/C19H19N5O2/c1-13-4-3-5-15(10-13)24-19(25)23-14-6-8-16(9-7-14)26-18-11-17(20-2)21-12-22-18/h3-12H,1-2H3,(H,20,21,22)(H2,23,24,25). The largest absolute Gasteiger partial charge is 0.439 e. The normalized spacial score (nSPS) is 10.1. The number of urea groups is 1. The van der Waals surface area contributed by atoms with E-state index >= 15 is 0 Å². The van der Waals surface area contributed by atoms with Gasteiger partial charge in [0, 0.05) is 24.5 Å². The third kappa shape index (κ3) is 4.70. The summed E-state index contributed by atoms with van der Waals surface area (Å²) in [4.78, 5) is 20.1. The summed E-state index contributed by atoms with van der Waals surface area (Å²) in [5, 5.41) is 8.49. The molecule has 3 rings (SSSR count). The zero-order valence-electron chi connectivity index (χ0n) is 14.5. The summed E-state index contributed by atoms with van der Waals surface area (Å²) in [6.45, 7) is 1.97. The first kappa shape index (κ1) is 17.2. The van der Waals surface area contributed by atoms with Gasteiger partial charge in [-0.3, -0.25) is 0 Å². The van der Waals surface area contributed by atoms with Gasteiger partial charge in [-0.1, -0.05) is 12.1 Å². The van der Waals surface area contributed by atoms with E-state index in [9.17, 15) is 4.79 Å². The molecule has 3 N–H and O–H groups in total. The third-order valence-electron chi connectivity index (χ3n) is 3.51. The van der Waals surface area contributed by atoms with Crippen LogP contribution in [0.1, 0.15) is 5.56 Å². The smallest absolute Gasteiger partial charge is 0.323 e. The van der Waals surface area contributed by atoms with E-state index in [1.54, 1.807) is 37.4 Å². The van der Waals surface area contributed by atoms with Crippen molar-refractivity contribution in [1.29, 1.82) is 0 Å². The van der Waals surface area contributed by atoms with Gasteiger partial charge in [0.15, 0.2) is 0 Å². The number of hydrogen-bond donors (Lipinski definition) is 3. The van der Waals surface area contributed by atoms with Gasteiger partial charge in [0.2, 0.25) is 5.88 Å². The molecule has 0 fully saturated rings. The Morgan fingerprint density at radius 1 is 0.962 bits per heavy atom. The van der Waals surface area contributed by atoms with Crippen molar-refractivity contribution in [3.8, 4) is 11.6 Å². The Kier molecular flexibility index (Phi) is 5.28. The van der Waals surface area contributed by atoms with Crippen molar-refractivity contribution >= 4 is 23.2 Å². The number of rotatable bonds is 5. The first-order valence-corrected chi connectivity index (χ1v) is 8.05. The van der Waals surface area contributed by atoms with Crippen LogP contribution in [-0.2, 0) is 0 Å². The number of ether oxygens (including phenoxy) is 1. The number of aromatic nitrogens is 2. The average molecular weight is 349 g/mol.